The fourth-order valence-electron chi connectivity index (χ4n) is 3.15. The predicted molar refractivity (Wildman–Crippen MR) is 102 cm³/mol. The van der Waals surface area contributed by atoms with Crippen LogP contribution in [0.3, 0.4) is 0 Å². The molecule has 4 N–H and O–H groups in total. The van der Waals surface area contributed by atoms with Gasteiger partial charge in [0.1, 0.15) is 30.2 Å². The maximum atomic E-state index is 10.1. The molecule has 6 nitrogen and oxygen atoms in total. The van der Waals surface area contributed by atoms with Crippen molar-refractivity contribution in [2.24, 2.45) is 0 Å². The second-order valence-corrected chi connectivity index (χ2v) is 7.77. The molecular formula is C20H26O6S. The van der Waals surface area contributed by atoms with Crippen LogP contribution in [0.15, 0.2) is 35.7 Å². The Morgan fingerprint density at radius 2 is 1.70 bits per heavy atom. The van der Waals surface area contributed by atoms with Crippen molar-refractivity contribution in [2.45, 2.75) is 56.9 Å². The van der Waals surface area contributed by atoms with Gasteiger partial charge in [-0.25, -0.2) is 0 Å². The summed E-state index contributed by atoms with van der Waals surface area (Å²) in [7, 11) is 0. The van der Waals surface area contributed by atoms with Crippen LogP contribution in [-0.2, 0) is 17.6 Å². The van der Waals surface area contributed by atoms with E-state index in [1.165, 1.54) is 16.9 Å². The fourth-order valence-corrected chi connectivity index (χ4v) is 3.99. The Balaban J connectivity index is 1.69. The molecule has 148 valence electrons. The number of ether oxygens (including phenoxy) is 2. The van der Waals surface area contributed by atoms with Crippen molar-refractivity contribution in [3.05, 3.63) is 51.7 Å². The van der Waals surface area contributed by atoms with E-state index in [1.54, 1.807) is 6.07 Å². The van der Waals surface area contributed by atoms with Gasteiger partial charge >= 0.3 is 0 Å². The molecule has 5 atom stereocenters. The van der Waals surface area contributed by atoms with E-state index in [0.29, 0.717) is 12.2 Å². The highest BCUT2D eigenvalue weighted by molar-refractivity contribution is 7.10. The molecule has 1 aliphatic heterocycles. The molecule has 5 unspecified atom stereocenters. The molecule has 1 aromatic heterocycles. The van der Waals surface area contributed by atoms with E-state index in [4.69, 9.17) is 9.47 Å². The summed E-state index contributed by atoms with van der Waals surface area (Å²) in [4.78, 5) is 0.968. The molecule has 3 rings (SSSR count). The minimum absolute atomic E-state index is 0.481. The third-order valence-electron chi connectivity index (χ3n) is 4.72. The Kier molecular flexibility index (Phi) is 6.86. The molecule has 2 heterocycles. The summed E-state index contributed by atoms with van der Waals surface area (Å²) in [5.41, 5.74) is 2.46. The SMILES string of the molecule is CCCc1ccc(Cc2sccc2OC2OC(CO)C(O)C(O)C2O)cc1. The summed E-state index contributed by atoms with van der Waals surface area (Å²) in [6, 6.07) is 10.2. The van der Waals surface area contributed by atoms with Crippen LogP contribution in [0.5, 0.6) is 5.75 Å². The maximum absolute atomic E-state index is 10.1. The molecule has 1 aliphatic rings. The number of benzene rings is 1. The quantitative estimate of drug-likeness (QED) is 0.568. The average molecular weight is 394 g/mol. The lowest BCUT2D eigenvalue weighted by Crippen LogP contribution is -2.60. The number of aliphatic hydroxyl groups excluding tert-OH is 4. The van der Waals surface area contributed by atoms with Gasteiger partial charge in [0.2, 0.25) is 6.29 Å². The molecule has 0 saturated carbocycles. The molecule has 0 amide bonds. The second-order valence-electron chi connectivity index (χ2n) is 6.77. The third kappa shape index (κ3) is 4.68. The summed E-state index contributed by atoms with van der Waals surface area (Å²) in [6.07, 6.45) is -3.56. The lowest BCUT2D eigenvalue weighted by molar-refractivity contribution is -0.277. The highest BCUT2D eigenvalue weighted by Crippen LogP contribution is 2.31. The van der Waals surface area contributed by atoms with E-state index in [2.05, 4.69) is 31.2 Å². The van der Waals surface area contributed by atoms with E-state index >= 15 is 0 Å². The van der Waals surface area contributed by atoms with Gasteiger partial charge in [-0.3, -0.25) is 0 Å². The van der Waals surface area contributed by atoms with E-state index in [1.807, 2.05) is 5.38 Å². The molecule has 0 spiro atoms. The summed E-state index contributed by atoms with van der Waals surface area (Å²) in [6.45, 7) is 1.67. The highest BCUT2D eigenvalue weighted by atomic mass is 32.1. The first-order valence-corrected chi connectivity index (χ1v) is 10.0. The zero-order valence-electron chi connectivity index (χ0n) is 15.2. The molecule has 7 heteroatoms. The van der Waals surface area contributed by atoms with Gasteiger partial charge < -0.3 is 29.9 Å². The minimum atomic E-state index is -1.45. The number of aliphatic hydroxyl groups is 4. The van der Waals surface area contributed by atoms with Gasteiger partial charge in [0.05, 0.1) is 11.5 Å². The minimum Gasteiger partial charge on any atom is -0.461 e. The first-order chi connectivity index (χ1) is 13.0. The number of aryl methyl sites for hydroxylation is 1. The molecule has 0 bridgehead atoms. The summed E-state index contributed by atoms with van der Waals surface area (Å²) >= 11 is 1.53. The van der Waals surface area contributed by atoms with Crippen LogP contribution < -0.4 is 4.74 Å². The Labute approximate surface area is 162 Å². The molecule has 1 aromatic carbocycles. The van der Waals surface area contributed by atoms with Crippen LogP contribution in [0.2, 0.25) is 0 Å². The summed E-state index contributed by atoms with van der Waals surface area (Å²) in [5, 5.41) is 41.1. The Hall–Kier alpha value is -1.48. The molecular weight excluding hydrogens is 368 g/mol. The number of rotatable bonds is 7. The number of thiophene rings is 1. The van der Waals surface area contributed by atoms with E-state index < -0.39 is 37.3 Å². The van der Waals surface area contributed by atoms with Crippen molar-refractivity contribution < 1.29 is 29.9 Å². The van der Waals surface area contributed by atoms with Crippen LogP contribution in [-0.4, -0.2) is 57.7 Å². The van der Waals surface area contributed by atoms with Crippen molar-refractivity contribution in [2.75, 3.05) is 6.61 Å². The average Bonchev–Trinajstić information content (AvgIpc) is 3.10. The summed E-state index contributed by atoms with van der Waals surface area (Å²) in [5.74, 6) is 0.557. The van der Waals surface area contributed by atoms with Crippen LogP contribution in [0.4, 0.5) is 0 Å². The van der Waals surface area contributed by atoms with Crippen molar-refractivity contribution in [3.8, 4) is 5.75 Å². The molecule has 1 saturated heterocycles. The number of hydrogen-bond acceptors (Lipinski definition) is 7. The monoisotopic (exact) mass is 394 g/mol. The topological polar surface area (TPSA) is 99.4 Å². The normalized spacial score (nSPS) is 28.3. The second kappa shape index (κ2) is 9.14. The maximum Gasteiger partial charge on any atom is 0.229 e. The molecule has 0 aliphatic carbocycles. The van der Waals surface area contributed by atoms with Gasteiger partial charge in [0.15, 0.2) is 0 Å². The highest BCUT2D eigenvalue weighted by Gasteiger charge is 2.44. The van der Waals surface area contributed by atoms with Crippen molar-refractivity contribution in [3.63, 3.8) is 0 Å². The van der Waals surface area contributed by atoms with Crippen molar-refractivity contribution >= 4 is 11.3 Å². The van der Waals surface area contributed by atoms with Gasteiger partial charge in [0.25, 0.3) is 0 Å². The van der Waals surface area contributed by atoms with Gasteiger partial charge in [-0.05, 0) is 29.0 Å². The van der Waals surface area contributed by atoms with E-state index in [9.17, 15) is 20.4 Å². The van der Waals surface area contributed by atoms with Crippen LogP contribution in [0.25, 0.3) is 0 Å². The lowest BCUT2D eigenvalue weighted by atomic mass is 9.99. The van der Waals surface area contributed by atoms with Crippen LogP contribution >= 0.6 is 11.3 Å². The Morgan fingerprint density at radius 1 is 1.00 bits per heavy atom. The number of hydrogen-bond donors (Lipinski definition) is 4. The largest absolute Gasteiger partial charge is 0.461 e. The first-order valence-electron chi connectivity index (χ1n) is 9.14. The smallest absolute Gasteiger partial charge is 0.229 e. The zero-order valence-corrected chi connectivity index (χ0v) is 16.0. The van der Waals surface area contributed by atoms with Gasteiger partial charge in [0, 0.05) is 6.42 Å². The van der Waals surface area contributed by atoms with Crippen molar-refractivity contribution in [1.29, 1.82) is 0 Å². The Bertz CT molecular complexity index is 714. The fraction of sp³-hybridized carbons (Fsp3) is 0.500. The van der Waals surface area contributed by atoms with Crippen LogP contribution in [0, 0.1) is 0 Å². The van der Waals surface area contributed by atoms with Crippen molar-refractivity contribution in [1.82, 2.24) is 0 Å². The molecule has 27 heavy (non-hydrogen) atoms. The molecule has 0 radical (unpaired) electrons. The lowest BCUT2D eigenvalue weighted by Gasteiger charge is -2.39. The molecule has 2 aromatic rings. The predicted octanol–water partition coefficient (Wildman–Crippen LogP) is 1.47. The van der Waals surface area contributed by atoms with Gasteiger partial charge in [-0.2, -0.15) is 0 Å². The van der Waals surface area contributed by atoms with Crippen LogP contribution in [0.1, 0.15) is 29.3 Å². The third-order valence-corrected chi connectivity index (χ3v) is 5.62. The first kappa shape index (κ1) is 20.3. The summed E-state index contributed by atoms with van der Waals surface area (Å²) < 4.78 is 11.2. The van der Waals surface area contributed by atoms with E-state index in [0.717, 1.165) is 23.3 Å². The Morgan fingerprint density at radius 3 is 2.37 bits per heavy atom. The van der Waals surface area contributed by atoms with Gasteiger partial charge in [-0.1, -0.05) is 37.6 Å². The zero-order chi connectivity index (χ0) is 19.4. The standard InChI is InChI=1S/C20H26O6S/c1-2-3-12-4-6-13(7-5-12)10-16-14(8-9-27-16)25-20-19(24)18(23)17(22)15(11-21)26-20/h4-9,15,17-24H,2-3,10-11H2,1H3. The van der Waals surface area contributed by atoms with Gasteiger partial charge in [-0.15, -0.1) is 11.3 Å². The van der Waals surface area contributed by atoms with E-state index in [-0.39, 0.29) is 0 Å². The molecule has 1 fully saturated rings.